The molecule has 1 N–H and O–H groups in total. The summed E-state index contributed by atoms with van der Waals surface area (Å²) in [6.45, 7) is 5.25. The van der Waals surface area contributed by atoms with E-state index in [9.17, 15) is 9.90 Å². The first-order chi connectivity index (χ1) is 8.86. The molecule has 1 unspecified atom stereocenters. The minimum absolute atomic E-state index is 0.0650. The number of hydrogen-bond donors (Lipinski definition) is 1. The topological polar surface area (TPSA) is 82.9 Å². The number of nitrogens with zero attached hydrogens (tertiary/aromatic N) is 2. The van der Waals surface area contributed by atoms with Crippen molar-refractivity contribution >= 4 is 11.7 Å². The van der Waals surface area contributed by atoms with Crippen LogP contribution in [0.2, 0.25) is 0 Å². The van der Waals surface area contributed by atoms with E-state index in [2.05, 4.69) is 4.79 Å². The highest BCUT2D eigenvalue weighted by atomic mass is 16.5. The van der Waals surface area contributed by atoms with Gasteiger partial charge in [-0.15, -0.1) is 0 Å². The fraction of sp³-hybridized carbons (Fsp3) is 0.429. The summed E-state index contributed by atoms with van der Waals surface area (Å²) < 4.78 is 5.01. The number of benzene rings is 1. The van der Waals surface area contributed by atoms with E-state index in [1.165, 1.54) is 0 Å². The van der Waals surface area contributed by atoms with E-state index in [0.717, 1.165) is 5.56 Å². The van der Waals surface area contributed by atoms with Gasteiger partial charge < -0.3 is 15.4 Å². The SMILES string of the molecule is CC(C)(C)C(O)C(=[N+]=[N-])C(=O)OCc1ccccc1. The lowest BCUT2D eigenvalue weighted by atomic mass is 9.86. The van der Waals surface area contributed by atoms with Gasteiger partial charge in [0.05, 0.1) is 0 Å². The van der Waals surface area contributed by atoms with Crippen molar-refractivity contribution in [2.45, 2.75) is 33.5 Å². The van der Waals surface area contributed by atoms with Crippen molar-refractivity contribution in [3.63, 3.8) is 0 Å². The number of aliphatic hydroxyl groups is 1. The first kappa shape index (κ1) is 15.1. The molecule has 0 saturated heterocycles. The summed E-state index contributed by atoms with van der Waals surface area (Å²) in [7, 11) is 0. The number of aliphatic hydroxyl groups excluding tert-OH is 1. The number of carbonyl (C=O) groups is 1. The van der Waals surface area contributed by atoms with Crippen molar-refractivity contribution < 1.29 is 19.4 Å². The number of ether oxygens (including phenoxy) is 1. The van der Waals surface area contributed by atoms with Crippen molar-refractivity contribution in [1.29, 1.82) is 0 Å². The zero-order chi connectivity index (χ0) is 14.5. The first-order valence-electron chi connectivity index (χ1n) is 5.97. The molecular formula is C14H18N2O3. The number of hydrogen-bond acceptors (Lipinski definition) is 3. The molecule has 1 atom stereocenters. The van der Waals surface area contributed by atoms with Crippen molar-refractivity contribution in [3.05, 3.63) is 41.4 Å². The molecule has 19 heavy (non-hydrogen) atoms. The number of carbonyl (C=O) groups excluding carboxylic acids is 1. The van der Waals surface area contributed by atoms with E-state index in [-0.39, 0.29) is 12.3 Å². The van der Waals surface area contributed by atoms with Crippen LogP contribution < -0.4 is 0 Å². The van der Waals surface area contributed by atoms with Crippen LogP contribution in [0.3, 0.4) is 0 Å². The lowest BCUT2D eigenvalue weighted by molar-refractivity contribution is -0.144. The van der Waals surface area contributed by atoms with Crippen molar-refractivity contribution in [2.75, 3.05) is 0 Å². The van der Waals surface area contributed by atoms with E-state index < -0.39 is 17.5 Å². The van der Waals surface area contributed by atoms with Crippen LogP contribution in [0, 0.1) is 5.41 Å². The molecule has 5 heteroatoms. The summed E-state index contributed by atoms with van der Waals surface area (Å²) >= 11 is 0. The normalized spacial score (nSPS) is 12.4. The van der Waals surface area contributed by atoms with E-state index in [1.807, 2.05) is 30.3 Å². The third-order valence-corrected chi connectivity index (χ3v) is 2.61. The van der Waals surface area contributed by atoms with Crippen LogP contribution in [0.15, 0.2) is 30.3 Å². The van der Waals surface area contributed by atoms with Gasteiger partial charge in [-0.2, -0.15) is 4.79 Å². The van der Waals surface area contributed by atoms with Gasteiger partial charge in [0.2, 0.25) is 0 Å². The van der Waals surface area contributed by atoms with Crippen LogP contribution in [0.25, 0.3) is 5.53 Å². The molecule has 0 spiro atoms. The summed E-state index contributed by atoms with van der Waals surface area (Å²) in [4.78, 5) is 14.6. The van der Waals surface area contributed by atoms with Gasteiger partial charge in [-0.3, -0.25) is 0 Å². The fourth-order valence-electron chi connectivity index (χ4n) is 1.41. The van der Waals surface area contributed by atoms with Gasteiger partial charge in [0.15, 0.2) is 6.10 Å². The molecular weight excluding hydrogens is 244 g/mol. The maximum Gasteiger partial charge on any atom is 0.420 e. The minimum Gasteiger partial charge on any atom is -0.452 e. The van der Waals surface area contributed by atoms with Gasteiger partial charge in [-0.1, -0.05) is 51.1 Å². The van der Waals surface area contributed by atoms with E-state index in [0.29, 0.717) is 0 Å². The van der Waals surface area contributed by atoms with Gasteiger partial charge in [0.25, 0.3) is 0 Å². The molecule has 0 saturated carbocycles. The Balaban J connectivity index is 2.69. The highest BCUT2D eigenvalue weighted by Crippen LogP contribution is 2.20. The average Bonchev–Trinajstić information content (AvgIpc) is 2.37. The lowest BCUT2D eigenvalue weighted by Crippen LogP contribution is -2.40. The van der Waals surface area contributed by atoms with Gasteiger partial charge in [-0.05, 0) is 11.0 Å². The van der Waals surface area contributed by atoms with E-state index >= 15 is 0 Å². The number of esters is 1. The monoisotopic (exact) mass is 262 g/mol. The summed E-state index contributed by atoms with van der Waals surface area (Å²) in [5.41, 5.74) is 8.67. The van der Waals surface area contributed by atoms with E-state index in [4.69, 9.17) is 10.3 Å². The summed E-state index contributed by atoms with van der Waals surface area (Å²) in [6, 6.07) is 9.13. The van der Waals surface area contributed by atoms with Gasteiger partial charge >= 0.3 is 11.7 Å². The molecule has 0 amide bonds. The largest absolute Gasteiger partial charge is 0.452 e. The molecule has 1 aromatic rings. The predicted molar refractivity (Wildman–Crippen MR) is 70.3 cm³/mol. The summed E-state index contributed by atoms with van der Waals surface area (Å²) in [5, 5.41) is 9.92. The summed E-state index contributed by atoms with van der Waals surface area (Å²) in [5.74, 6) is -0.825. The van der Waals surface area contributed by atoms with Gasteiger partial charge in [0, 0.05) is 0 Å². The number of rotatable bonds is 4. The van der Waals surface area contributed by atoms with Crippen LogP contribution in [0.4, 0.5) is 0 Å². The highest BCUT2D eigenvalue weighted by molar-refractivity contribution is 6.35. The van der Waals surface area contributed by atoms with Gasteiger partial charge in [0.1, 0.15) is 6.61 Å². The fourth-order valence-corrected chi connectivity index (χ4v) is 1.41. The molecule has 0 heterocycles. The first-order valence-corrected chi connectivity index (χ1v) is 5.97. The average molecular weight is 262 g/mol. The van der Waals surface area contributed by atoms with Gasteiger partial charge in [-0.25, -0.2) is 4.79 Å². The molecule has 0 bridgehead atoms. The quantitative estimate of drug-likeness (QED) is 0.389. The second-order valence-corrected chi connectivity index (χ2v) is 5.32. The molecule has 0 aliphatic heterocycles. The van der Waals surface area contributed by atoms with Crippen LogP contribution in [0.1, 0.15) is 26.3 Å². The maximum absolute atomic E-state index is 11.8. The zero-order valence-electron chi connectivity index (χ0n) is 11.3. The van der Waals surface area contributed by atoms with Crippen molar-refractivity contribution in [3.8, 4) is 0 Å². The Labute approximate surface area is 112 Å². The Morgan fingerprint density at radius 3 is 2.42 bits per heavy atom. The Morgan fingerprint density at radius 1 is 1.37 bits per heavy atom. The molecule has 1 aromatic carbocycles. The lowest BCUT2D eigenvalue weighted by Gasteiger charge is -2.21. The Hall–Kier alpha value is -1.97. The molecule has 102 valence electrons. The van der Waals surface area contributed by atoms with Crippen LogP contribution in [-0.4, -0.2) is 27.7 Å². The second kappa shape index (κ2) is 6.27. The molecule has 0 radical (unpaired) electrons. The third-order valence-electron chi connectivity index (χ3n) is 2.61. The Morgan fingerprint density at radius 2 is 1.95 bits per heavy atom. The summed E-state index contributed by atoms with van der Waals surface area (Å²) in [6.07, 6.45) is -1.19. The molecule has 0 fully saturated rings. The van der Waals surface area contributed by atoms with Crippen LogP contribution >= 0.6 is 0 Å². The Kier molecular flexibility index (Phi) is 4.98. The third kappa shape index (κ3) is 4.32. The second-order valence-electron chi connectivity index (χ2n) is 5.32. The molecule has 0 aliphatic carbocycles. The molecule has 0 aromatic heterocycles. The van der Waals surface area contributed by atoms with Crippen LogP contribution in [-0.2, 0) is 16.1 Å². The smallest absolute Gasteiger partial charge is 0.420 e. The Bertz CT molecular complexity index is 485. The predicted octanol–water partition coefficient (Wildman–Crippen LogP) is 1.81. The van der Waals surface area contributed by atoms with Crippen molar-refractivity contribution in [2.24, 2.45) is 5.41 Å². The van der Waals surface area contributed by atoms with E-state index in [1.54, 1.807) is 20.8 Å². The molecule has 0 aliphatic rings. The standard InChI is InChI=1S/C14H18N2O3/c1-14(2,3)12(17)11(16-15)13(18)19-9-10-7-5-4-6-8-10/h4-8,12,17H,9H2,1-3H3. The molecule has 1 rings (SSSR count). The van der Waals surface area contributed by atoms with Crippen LogP contribution in [0.5, 0.6) is 0 Å². The minimum atomic E-state index is -1.19. The van der Waals surface area contributed by atoms with Crippen molar-refractivity contribution in [1.82, 2.24) is 0 Å². The molecule has 5 nitrogen and oxygen atoms in total. The maximum atomic E-state index is 11.8. The highest BCUT2D eigenvalue weighted by Gasteiger charge is 2.39. The zero-order valence-corrected chi connectivity index (χ0v) is 11.3.